The van der Waals surface area contributed by atoms with E-state index >= 15 is 4.57 Å². The van der Waals surface area contributed by atoms with Crippen molar-refractivity contribution >= 4 is 34.1 Å². The molecule has 15 rings (SSSR count). The second-order valence-electron chi connectivity index (χ2n) is 18.4. The lowest BCUT2D eigenvalue weighted by Crippen LogP contribution is -2.43. The highest BCUT2D eigenvalue weighted by Gasteiger charge is 2.59. The Labute approximate surface area is 388 Å². The predicted octanol–water partition coefficient (Wildman–Crippen LogP) is 13.4. The molecule has 0 radical (unpaired) electrons. The van der Waals surface area contributed by atoms with E-state index in [0.717, 1.165) is 55.1 Å². The summed E-state index contributed by atoms with van der Waals surface area (Å²) in [6.45, 7) is 0. The minimum atomic E-state index is -3.40. The molecule has 312 valence electrons. The van der Waals surface area contributed by atoms with Crippen LogP contribution in [0.5, 0.6) is 0 Å². The summed E-state index contributed by atoms with van der Waals surface area (Å²) >= 11 is 0. The highest BCUT2D eigenvalue weighted by Crippen LogP contribution is 2.67. The van der Waals surface area contributed by atoms with Crippen LogP contribution in [0, 0.1) is 0 Å². The van der Waals surface area contributed by atoms with E-state index in [-0.39, 0.29) is 0 Å². The molecule has 1 atom stereocenters. The van der Waals surface area contributed by atoms with E-state index in [1.165, 1.54) is 66.8 Å². The first kappa shape index (κ1) is 37.2. The number of nitrogens with zero attached hydrogens (tertiary/aromatic N) is 2. The topological polar surface area (TPSA) is 34.9 Å². The number of para-hydroxylation sites is 1. The van der Waals surface area contributed by atoms with E-state index in [9.17, 15) is 0 Å². The quantitative estimate of drug-likeness (QED) is 0.166. The maximum Gasteiger partial charge on any atom is 0.175 e. The third kappa shape index (κ3) is 4.48. The normalized spacial score (nSPS) is 16.7. The van der Waals surface area contributed by atoms with Crippen LogP contribution in [0.3, 0.4) is 0 Å². The molecule has 0 fully saturated rings. The van der Waals surface area contributed by atoms with Gasteiger partial charge in [-0.3, -0.25) is 4.57 Å². The van der Waals surface area contributed by atoms with Crippen LogP contribution in [0.4, 0.5) is 0 Å². The van der Waals surface area contributed by atoms with Gasteiger partial charge in [-0.05, 0) is 108 Å². The molecule has 0 bridgehead atoms. The lowest BCUT2D eigenvalue weighted by molar-refractivity contribution is 0.592. The first-order chi connectivity index (χ1) is 33.1. The van der Waals surface area contributed by atoms with E-state index in [1.807, 2.05) is 48.5 Å². The molecular weight excluding hydrogens is 832 g/mol. The molecule has 3 nitrogen and oxygen atoms in total. The molecule has 1 aliphatic heterocycles. The lowest BCUT2D eigenvalue weighted by Gasteiger charge is -2.48. The van der Waals surface area contributed by atoms with Gasteiger partial charge in [0.05, 0.1) is 27.6 Å². The summed E-state index contributed by atoms with van der Waals surface area (Å²) in [5, 5.41) is 2.45. The Bertz CT molecular complexity index is 3880. The molecule has 0 saturated heterocycles. The number of rotatable bonds is 3. The van der Waals surface area contributed by atoms with Gasteiger partial charge in [-0.25, -0.2) is 4.98 Å². The van der Waals surface area contributed by atoms with Crippen LogP contribution >= 0.6 is 7.14 Å². The molecule has 0 N–H and O–H groups in total. The van der Waals surface area contributed by atoms with Crippen molar-refractivity contribution in [2.75, 3.05) is 0 Å². The molecule has 11 aromatic rings. The number of aromatic nitrogens is 2. The summed E-state index contributed by atoms with van der Waals surface area (Å²) in [7, 11) is -3.40. The van der Waals surface area contributed by atoms with Gasteiger partial charge in [-0.1, -0.05) is 206 Å². The van der Waals surface area contributed by atoms with Crippen molar-refractivity contribution in [3.63, 3.8) is 0 Å². The van der Waals surface area contributed by atoms with Gasteiger partial charge in [-0.15, -0.1) is 0 Å². The minimum Gasteiger partial charge on any atom is -0.308 e. The zero-order valence-corrected chi connectivity index (χ0v) is 37.2. The molecule has 0 saturated carbocycles. The van der Waals surface area contributed by atoms with Crippen molar-refractivity contribution in [3.05, 3.63) is 281 Å². The first-order valence-corrected chi connectivity index (χ1v) is 24.9. The molecule has 4 heteroatoms. The fourth-order valence-electron chi connectivity index (χ4n) is 13.0. The van der Waals surface area contributed by atoms with Crippen LogP contribution in [0.25, 0.3) is 61.5 Å². The van der Waals surface area contributed by atoms with Gasteiger partial charge in [0, 0.05) is 21.5 Å². The third-order valence-corrected chi connectivity index (χ3v) is 18.6. The van der Waals surface area contributed by atoms with Crippen molar-refractivity contribution in [2.45, 2.75) is 10.8 Å². The maximum atomic E-state index is 16.5. The average molecular weight is 871 g/mol. The van der Waals surface area contributed by atoms with Crippen LogP contribution in [0.2, 0.25) is 0 Å². The van der Waals surface area contributed by atoms with Gasteiger partial charge < -0.3 is 4.57 Å². The SMILES string of the molecule is O=P1(c2ccccc2)c2cc(-c3ccc4c(c3)C3(c5ccccc5-4)c4ccccc4C4(c5ccccc5-c5ccccc54)c4ccccc43)ccc2-n2c(-c3ccccc3)nc3cccc1c32. The Balaban J connectivity index is 1.00. The second kappa shape index (κ2) is 13.3. The van der Waals surface area contributed by atoms with Crippen LogP contribution in [-0.2, 0) is 15.4 Å². The van der Waals surface area contributed by atoms with Gasteiger partial charge in [0.15, 0.2) is 7.14 Å². The summed E-state index contributed by atoms with van der Waals surface area (Å²) in [4.78, 5) is 5.23. The molecule has 1 unspecified atom stereocenters. The average Bonchev–Trinajstić information content (AvgIpc) is 4.04. The molecule has 3 aliphatic carbocycles. The van der Waals surface area contributed by atoms with E-state index in [0.29, 0.717) is 0 Å². The lowest BCUT2D eigenvalue weighted by atomic mass is 9.52. The summed E-state index contributed by atoms with van der Waals surface area (Å²) in [6, 6.07) is 85.9. The van der Waals surface area contributed by atoms with Crippen molar-refractivity contribution in [1.82, 2.24) is 9.55 Å². The summed E-state index contributed by atoms with van der Waals surface area (Å²) in [6.07, 6.45) is 0. The Morgan fingerprint density at radius 3 is 1.40 bits per heavy atom. The zero-order valence-electron chi connectivity index (χ0n) is 36.3. The van der Waals surface area contributed by atoms with Crippen LogP contribution in [0.1, 0.15) is 44.5 Å². The van der Waals surface area contributed by atoms with Crippen molar-refractivity contribution < 1.29 is 4.57 Å². The van der Waals surface area contributed by atoms with E-state index < -0.39 is 18.0 Å². The predicted molar refractivity (Wildman–Crippen MR) is 273 cm³/mol. The summed E-state index contributed by atoms with van der Waals surface area (Å²) < 4.78 is 18.8. The maximum absolute atomic E-state index is 16.5. The largest absolute Gasteiger partial charge is 0.308 e. The first-order valence-electron chi connectivity index (χ1n) is 23.1. The molecule has 0 amide bonds. The number of imidazole rings is 1. The van der Waals surface area contributed by atoms with E-state index in [2.05, 4.69) is 193 Å². The fraction of sp³-hybridized carbons (Fsp3) is 0.0317. The van der Waals surface area contributed by atoms with Gasteiger partial charge in [0.1, 0.15) is 5.82 Å². The highest BCUT2D eigenvalue weighted by molar-refractivity contribution is 7.86. The smallest absolute Gasteiger partial charge is 0.175 e. The Kier molecular flexibility index (Phi) is 7.35. The zero-order chi connectivity index (χ0) is 44.1. The summed E-state index contributed by atoms with van der Waals surface area (Å²) in [5.74, 6) is 0.841. The molecule has 10 aromatic carbocycles. The minimum absolute atomic E-state index is 0.508. The van der Waals surface area contributed by atoms with Crippen LogP contribution < -0.4 is 15.9 Å². The monoisotopic (exact) mass is 870 g/mol. The highest BCUT2D eigenvalue weighted by atomic mass is 31.2. The number of benzene rings is 10. The molecular formula is C63H39N2OP. The second-order valence-corrected chi connectivity index (χ2v) is 21.1. The Hall–Kier alpha value is -8.10. The standard InChI is InChI=1S/C63H39N2OP/c66-67(43-20-5-2-6-21-43)58-33-17-32-56-60(58)65(61(64-56)40-18-3-1-4-19-40)57-37-35-42(39-59(57)67)41-34-36-47-46-24-9-12-27-50(46)63(55(47)38-41)53-30-15-13-28-51(53)62(52-29-14-16-31-54(52)63)48-25-10-7-22-44(48)45-23-8-11-26-49(45)62/h1-39H. The Morgan fingerprint density at radius 1 is 0.358 bits per heavy atom. The third-order valence-electron chi connectivity index (χ3n) is 15.5. The van der Waals surface area contributed by atoms with Gasteiger partial charge in [0.25, 0.3) is 0 Å². The van der Waals surface area contributed by atoms with Crippen LogP contribution in [0.15, 0.2) is 237 Å². The molecule has 67 heavy (non-hydrogen) atoms. The fourth-order valence-corrected chi connectivity index (χ4v) is 16.0. The van der Waals surface area contributed by atoms with Crippen molar-refractivity contribution in [1.29, 1.82) is 0 Å². The van der Waals surface area contributed by atoms with Gasteiger partial charge in [-0.2, -0.15) is 0 Å². The van der Waals surface area contributed by atoms with E-state index in [1.54, 1.807) is 0 Å². The molecule has 2 spiro atoms. The van der Waals surface area contributed by atoms with Crippen LogP contribution in [-0.4, -0.2) is 9.55 Å². The van der Waals surface area contributed by atoms with Gasteiger partial charge >= 0.3 is 0 Å². The van der Waals surface area contributed by atoms with Crippen molar-refractivity contribution in [2.24, 2.45) is 0 Å². The molecule has 2 heterocycles. The molecule has 4 aliphatic rings. The molecule has 1 aromatic heterocycles. The number of hydrogen-bond donors (Lipinski definition) is 0. The van der Waals surface area contributed by atoms with Crippen molar-refractivity contribution in [3.8, 4) is 50.5 Å². The number of fused-ring (bicyclic) bond motifs is 18. The number of hydrogen-bond acceptors (Lipinski definition) is 2. The summed E-state index contributed by atoms with van der Waals surface area (Å²) in [5.41, 5.74) is 20.2. The Morgan fingerprint density at radius 2 is 0.821 bits per heavy atom. The van der Waals surface area contributed by atoms with Gasteiger partial charge in [0.2, 0.25) is 0 Å². The van der Waals surface area contributed by atoms with E-state index in [4.69, 9.17) is 4.98 Å².